The third kappa shape index (κ3) is 2.93. The van der Waals surface area contributed by atoms with E-state index in [1.165, 1.54) is 0 Å². The van der Waals surface area contributed by atoms with E-state index in [1.54, 1.807) is 0 Å². The van der Waals surface area contributed by atoms with Crippen LogP contribution in [-0.4, -0.2) is 24.1 Å². The number of Topliss-reactive ketones (excluding diaryl/α,β-unsaturated/α-hetero) is 1. The molecule has 1 aliphatic rings. The van der Waals surface area contributed by atoms with E-state index in [0.717, 1.165) is 5.56 Å². The van der Waals surface area contributed by atoms with Crippen LogP contribution in [0.15, 0.2) is 30.3 Å². The molecule has 0 radical (unpaired) electrons. The second-order valence-electron chi connectivity index (χ2n) is 4.77. The van der Waals surface area contributed by atoms with Gasteiger partial charge in [-0.05, 0) is 19.4 Å². The van der Waals surface area contributed by atoms with Gasteiger partial charge >= 0.3 is 0 Å². The summed E-state index contributed by atoms with van der Waals surface area (Å²) in [4.78, 5) is 11.7. The molecule has 0 aromatic heterocycles. The van der Waals surface area contributed by atoms with Gasteiger partial charge in [0, 0.05) is 6.42 Å². The van der Waals surface area contributed by atoms with Crippen molar-refractivity contribution >= 4 is 5.78 Å². The number of hydrogen-bond donors (Lipinski definition) is 0. The van der Waals surface area contributed by atoms with E-state index in [0.29, 0.717) is 19.6 Å². The molecule has 2 atom stereocenters. The van der Waals surface area contributed by atoms with Gasteiger partial charge in [-0.3, -0.25) is 4.79 Å². The SMILES string of the molecule is C[C@H]1CC(=O)C(C)(COCc2ccccc2)O1. The van der Waals surface area contributed by atoms with Gasteiger partial charge in [-0.1, -0.05) is 30.3 Å². The van der Waals surface area contributed by atoms with Crippen molar-refractivity contribution in [1.82, 2.24) is 0 Å². The van der Waals surface area contributed by atoms with Crippen LogP contribution in [0.3, 0.4) is 0 Å². The molecule has 1 fully saturated rings. The normalized spacial score (nSPS) is 28.6. The first-order valence-electron chi connectivity index (χ1n) is 5.93. The van der Waals surface area contributed by atoms with Gasteiger partial charge in [0.15, 0.2) is 5.78 Å². The first-order chi connectivity index (χ1) is 8.10. The Morgan fingerprint density at radius 3 is 2.71 bits per heavy atom. The standard InChI is InChI=1S/C14H18O3/c1-11-8-13(15)14(2,17-11)10-16-9-12-6-4-3-5-7-12/h3-7,11H,8-10H2,1-2H3/t11-,14?/m0/s1. The Balaban J connectivity index is 1.85. The summed E-state index contributed by atoms with van der Waals surface area (Å²) >= 11 is 0. The molecule has 0 aliphatic carbocycles. The zero-order valence-corrected chi connectivity index (χ0v) is 10.3. The molecule has 1 aromatic carbocycles. The predicted molar refractivity (Wildman–Crippen MR) is 64.7 cm³/mol. The van der Waals surface area contributed by atoms with Gasteiger partial charge in [0.1, 0.15) is 5.60 Å². The van der Waals surface area contributed by atoms with Crippen molar-refractivity contribution in [3.8, 4) is 0 Å². The Morgan fingerprint density at radius 2 is 2.12 bits per heavy atom. The number of rotatable bonds is 4. The van der Waals surface area contributed by atoms with E-state index in [4.69, 9.17) is 9.47 Å². The lowest BCUT2D eigenvalue weighted by Gasteiger charge is -2.22. The Morgan fingerprint density at radius 1 is 1.41 bits per heavy atom. The molecule has 92 valence electrons. The molecule has 0 N–H and O–H groups in total. The van der Waals surface area contributed by atoms with Crippen LogP contribution in [0.4, 0.5) is 0 Å². The fourth-order valence-corrected chi connectivity index (χ4v) is 2.08. The average molecular weight is 234 g/mol. The molecule has 17 heavy (non-hydrogen) atoms. The molecule has 0 saturated carbocycles. The van der Waals surface area contributed by atoms with E-state index in [9.17, 15) is 4.79 Å². The van der Waals surface area contributed by atoms with Crippen molar-refractivity contribution in [1.29, 1.82) is 0 Å². The van der Waals surface area contributed by atoms with Crippen molar-refractivity contribution in [2.45, 2.75) is 38.6 Å². The van der Waals surface area contributed by atoms with Crippen LogP contribution in [0, 0.1) is 0 Å². The summed E-state index contributed by atoms with van der Waals surface area (Å²) in [6.45, 7) is 4.57. The zero-order chi connectivity index (χ0) is 12.3. The molecule has 2 rings (SSSR count). The Kier molecular flexibility index (Phi) is 3.60. The molecular weight excluding hydrogens is 216 g/mol. The summed E-state index contributed by atoms with van der Waals surface area (Å²) in [6, 6.07) is 9.92. The van der Waals surface area contributed by atoms with Crippen LogP contribution >= 0.6 is 0 Å². The molecular formula is C14H18O3. The third-order valence-electron chi connectivity index (χ3n) is 3.01. The highest BCUT2D eigenvalue weighted by Gasteiger charge is 2.42. The van der Waals surface area contributed by atoms with Crippen LogP contribution in [0.25, 0.3) is 0 Å². The van der Waals surface area contributed by atoms with Crippen molar-refractivity contribution in [3.63, 3.8) is 0 Å². The van der Waals surface area contributed by atoms with Crippen molar-refractivity contribution < 1.29 is 14.3 Å². The molecule has 0 amide bonds. The van der Waals surface area contributed by atoms with Crippen LogP contribution in [0.2, 0.25) is 0 Å². The van der Waals surface area contributed by atoms with Gasteiger partial charge < -0.3 is 9.47 Å². The van der Waals surface area contributed by atoms with Gasteiger partial charge in [0.25, 0.3) is 0 Å². The molecule has 3 heteroatoms. The molecule has 1 saturated heterocycles. The summed E-state index contributed by atoms with van der Waals surface area (Å²) in [5.74, 6) is 0.137. The zero-order valence-electron chi connectivity index (χ0n) is 10.3. The van der Waals surface area contributed by atoms with Gasteiger partial charge in [-0.25, -0.2) is 0 Å². The lowest BCUT2D eigenvalue weighted by molar-refractivity contribution is -0.139. The van der Waals surface area contributed by atoms with Crippen LogP contribution < -0.4 is 0 Å². The Hall–Kier alpha value is -1.19. The minimum atomic E-state index is -0.756. The first-order valence-corrected chi connectivity index (χ1v) is 5.93. The monoisotopic (exact) mass is 234 g/mol. The van der Waals surface area contributed by atoms with Gasteiger partial charge in [0.05, 0.1) is 19.3 Å². The average Bonchev–Trinajstić information content (AvgIpc) is 2.54. The minimum absolute atomic E-state index is 0.00725. The smallest absolute Gasteiger partial charge is 0.169 e. The van der Waals surface area contributed by atoms with Crippen LogP contribution in [-0.2, 0) is 20.9 Å². The van der Waals surface area contributed by atoms with Crippen LogP contribution in [0.5, 0.6) is 0 Å². The van der Waals surface area contributed by atoms with Crippen LogP contribution in [0.1, 0.15) is 25.8 Å². The van der Waals surface area contributed by atoms with E-state index in [1.807, 2.05) is 44.2 Å². The molecule has 0 bridgehead atoms. The maximum Gasteiger partial charge on any atom is 0.169 e. The number of benzene rings is 1. The Bertz CT molecular complexity index is 388. The molecule has 1 aliphatic heterocycles. The lowest BCUT2D eigenvalue weighted by atomic mass is 10.0. The molecule has 0 spiro atoms. The number of carbonyl (C=O) groups excluding carboxylic acids is 1. The summed E-state index contributed by atoms with van der Waals surface area (Å²) in [5, 5.41) is 0. The van der Waals surface area contributed by atoms with Gasteiger partial charge in [-0.15, -0.1) is 0 Å². The van der Waals surface area contributed by atoms with Gasteiger partial charge in [-0.2, -0.15) is 0 Å². The van der Waals surface area contributed by atoms with Crippen molar-refractivity contribution in [2.75, 3.05) is 6.61 Å². The van der Waals surface area contributed by atoms with E-state index < -0.39 is 5.60 Å². The fraction of sp³-hybridized carbons (Fsp3) is 0.500. The van der Waals surface area contributed by atoms with E-state index >= 15 is 0 Å². The highest BCUT2D eigenvalue weighted by Crippen LogP contribution is 2.27. The first kappa shape index (κ1) is 12.3. The summed E-state index contributed by atoms with van der Waals surface area (Å²) in [7, 11) is 0. The number of ketones is 1. The second kappa shape index (κ2) is 4.98. The highest BCUT2D eigenvalue weighted by atomic mass is 16.6. The predicted octanol–water partition coefficient (Wildman–Crippen LogP) is 2.34. The molecule has 3 nitrogen and oxygen atoms in total. The largest absolute Gasteiger partial charge is 0.373 e. The number of hydrogen-bond acceptors (Lipinski definition) is 3. The summed E-state index contributed by atoms with van der Waals surface area (Å²) in [6.07, 6.45) is 0.499. The second-order valence-corrected chi connectivity index (χ2v) is 4.77. The van der Waals surface area contributed by atoms with Crippen molar-refractivity contribution in [2.24, 2.45) is 0 Å². The van der Waals surface area contributed by atoms with E-state index in [2.05, 4.69) is 0 Å². The number of ether oxygens (including phenoxy) is 2. The molecule has 1 unspecified atom stereocenters. The van der Waals surface area contributed by atoms with Crippen molar-refractivity contribution in [3.05, 3.63) is 35.9 Å². The topological polar surface area (TPSA) is 35.5 Å². The Labute approximate surface area is 102 Å². The quantitative estimate of drug-likeness (QED) is 0.802. The third-order valence-corrected chi connectivity index (χ3v) is 3.01. The molecule has 1 aromatic rings. The maximum absolute atomic E-state index is 11.7. The molecule has 1 heterocycles. The maximum atomic E-state index is 11.7. The highest BCUT2D eigenvalue weighted by molar-refractivity contribution is 5.89. The summed E-state index contributed by atoms with van der Waals surface area (Å²) in [5.41, 5.74) is 0.350. The minimum Gasteiger partial charge on any atom is -0.373 e. The fourth-order valence-electron chi connectivity index (χ4n) is 2.08. The number of carbonyl (C=O) groups is 1. The summed E-state index contributed by atoms with van der Waals surface area (Å²) < 4.78 is 11.2. The lowest BCUT2D eigenvalue weighted by Crippen LogP contribution is -2.37. The van der Waals surface area contributed by atoms with Gasteiger partial charge in [0.2, 0.25) is 0 Å². The van der Waals surface area contributed by atoms with E-state index in [-0.39, 0.29) is 11.9 Å².